The Balaban J connectivity index is 1.84. The highest BCUT2D eigenvalue weighted by Crippen LogP contribution is 2.28. The van der Waals surface area contributed by atoms with Crippen LogP contribution in [-0.4, -0.2) is 11.8 Å². The molecule has 3 rings (SSSR count). The fourth-order valence-corrected chi connectivity index (χ4v) is 3.77. The molecule has 2 amide bonds. The Labute approximate surface area is 168 Å². The maximum atomic E-state index is 12.3. The molecule has 0 aliphatic carbocycles. The smallest absolute Gasteiger partial charge is 0.349 e. The van der Waals surface area contributed by atoms with E-state index in [4.69, 9.17) is 16.0 Å². The van der Waals surface area contributed by atoms with E-state index in [1.807, 2.05) is 0 Å². The van der Waals surface area contributed by atoms with Crippen LogP contribution in [0.4, 0.5) is 0 Å². The standard InChI is InChI=1S/C17H9Br2ClN2O4/c18-9-5-8-6-11(17(25)26-14(8)12(19)7-9)16(24)22-21-15(23)10-3-1-2-4-13(10)20/h1-7H,(H,21,23)(H,22,24). The molecule has 26 heavy (non-hydrogen) atoms. The molecule has 1 aromatic heterocycles. The number of hydrazine groups is 1. The first kappa shape index (κ1) is 18.6. The summed E-state index contributed by atoms with van der Waals surface area (Å²) >= 11 is 12.5. The first-order valence-corrected chi connectivity index (χ1v) is 9.11. The molecule has 0 unspecified atom stereocenters. The lowest BCUT2D eigenvalue weighted by atomic mass is 10.2. The number of rotatable bonds is 2. The Morgan fingerprint density at radius 1 is 0.962 bits per heavy atom. The van der Waals surface area contributed by atoms with E-state index in [2.05, 4.69) is 42.7 Å². The van der Waals surface area contributed by atoms with Crippen molar-refractivity contribution in [2.45, 2.75) is 0 Å². The molecule has 9 heteroatoms. The highest BCUT2D eigenvalue weighted by atomic mass is 79.9. The van der Waals surface area contributed by atoms with Gasteiger partial charge in [0.25, 0.3) is 11.8 Å². The Morgan fingerprint density at radius 3 is 2.31 bits per heavy atom. The molecule has 0 saturated carbocycles. The molecule has 0 aliphatic heterocycles. The SMILES string of the molecule is O=C(NNC(=O)c1cc2cc(Br)cc(Br)c2oc1=O)c1ccccc1Cl. The molecule has 132 valence electrons. The van der Waals surface area contributed by atoms with Crippen LogP contribution in [0.5, 0.6) is 0 Å². The van der Waals surface area contributed by atoms with Crippen molar-refractivity contribution in [3.63, 3.8) is 0 Å². The molecule has 0 spiro atoms. The van der Waals surface area contributed by atoms with Crippen molar-refractivity contribution >= 4 is 66.2 Å². The van der Waals surface area contributed by atoms with Gasteiger partial charge in [-0.3, -0.25) is 20.4 Å². The van der Waals surface area contributed by atoms with Crippen LogP contribution in [0.3, 0.4) is 0 Å². The highest BCUT2D eigenvalue weighted by molar-refractivity contribution is 9.11. The number of hydrogen-bond acceptors (Lipinski definition) is 4. The summed E-state index contributed by atoms with van der Waals surface area (Å²) in [6.45, 7) is 0. The summed E-state index contributed by atoms with van der Waals surface area (Å²) in [7, 11) is 0. The van der Waals surface area contributed by atoms with E-state index < -0.39 is 17.4 Å². The van der Waals surface area contributed by atoms with Gasteiger partial charge in [-0.2, -0.15) is 0 Å². The van der Waals surface area contributed by atoms with Crippen LogP contribution in [0.15, 0.2) is 60.6 Å². The van der Waals surface area contributed by atoms with Gasteiger partial charge in [-0.25, -0.2) is 4.79 Å². The summed E-state index contributed by atoms with van der Waals surface area (Å²) in [6.07, 6.45) is 0. The van der Waals surface area contributed by atoms with Crippen LogP contribution in [0.2, 0.25) is 5.02 Å². The number of carbonyl (C=O) groups excluding carboxylic acids is 2. The Hall–Kier alpha value is -2.16. The Kier molecular flexibility index (Phi) is 5.45. The number of amides is 2. The Bertz CT molecular complexity index is 1100. The average Bonchev–Trinajstić information content (AvgIpc) is 2.60. The van der Waals surface area contributed by atoms with Crippen LogP contribution in [-0.2, 0) is 0 Å². The van der Waals surface area contributed by atoms with Gasteiger partial charge in [0, 0.05) is 9.86 Å². The average molecular weight is 501 g/mol. The van der Waals surface area contributed by atoms with E-state index in [9.17, 15) is 14.4 Å². The Morgan fingerprint density at radius 2 is 1.62 bits per heavy atom. The topological polar surface area (TPSA) is 88.4 Å². The van der Waals surface area contributed by atoms with E-state index in [0.717, 1.165) is 4.47 Å². The van der Waals surface area contributed by atoms with Crippen LogP contribution >= 0.6 is 43.5 Å². The fraction of sp³-hybridized carbons (Fsp3) is 0. The normalized spacial score (nSPS) is 10.6. The monoisotopic (exact) mass is 498 g/mol. The highest BCUT2D eigenvalue weighted by Gasteiger charge is 2.17. The summed E-state index contributed by atoms with van der Waals surface area (Å²) < 4.78 is 6.50. The second-order valence-corrected chi connectivity index (χ2v) is 7.32. The summed E-state index contributed by atoms with van der Waals surface area (Å²) in [5, 5.41) is 0.771. The molecule has 0 atom stereocenters. The predicted octanol–water partition coefficient (Wildman–Crippen LogP) is 4.05. The zero-order valence-corrected chi connectivity index (χ0v) is 16.7. The van der Waals surface area contributed by atoms with Gasteiger partial charge < -0.3 is 4.42 Å². The van der Waals surface area contributed by atoms with Gasteiger partial charge in [0.15, 0.2) is 5.58 Å². The first-order chi connectivity index (χ1) is 12.4. The number of nitrogens with one attached hydrogen (secondary N) is 2. The molecule has 0 bridgehead atoms. The van der Waals surface area contributed by atoms with Gasteiger partial charge in [0.1, 0.15) is 5.56 Å². The number of benzene rings is 2. The summed E-state index contributed by atoms with van der Waals surface area (Å²) in [6, 6.07) is 11.2. The molecular weight excluding hydrogens is 491 g/mol. The van der Waals surface area contributed by atoms with E-state index in [1.165, 1.54) is 12.1 Å². The van der Waals surface area contributed by atoms with Crippen LogP contribution in [0.25, 0.3) is 11.0 Å². The second kappa shape index (κ2) is 7.61. The van der Waals surface area contributed by atoms with E-state index in [0.29, 0.717) is 15.4 Å². The lowest BCUT2D eigenvalue weighted by Gasteiger charge is -2.08. The van der Waals surface area contributed by atoms with Crippen molar-refractivity contribution in [2.24, 2.45) is 0 Å². The van der Waals surface area contributed by atoms with Crippen LogP contribution < -0.4 is 16.5 Å². The number of hydrogen-bond donors (Lipinski definition) is 2. The number of halogens is 3. The third-order valence-corrected chi connectivity index (χ3v) is 4.78. The van der Waals surface area contributed by atoms with Gasteiger partial charge in [-0.05, 0) is 46.3 Å². The zero-order valence-electron chi connectivity index (χ0n) is 12.8. The zero-order chi connectivity index (χ0) is 18.8. The van der Waals surface area contributed by atoms with Gasteiger partial charge in [-0.1, -0.05) is 39.7 Å². The van der Waals surface area contributed by atoms with Crippen molar-refractivity contribution < 1.29 is 14.0 Å². The molecule has 2 N–H and O–H groups in total. The molecule has 2 aromatic carbocycles. The van der Waals surface area contributed by atoms with Crippen molar-refractivity contribution in [1.29, 1.82) is 0 Å². The number of fused-ring (bicyclic) bond motifs is 1. The van der Waals surface area contributed by atoms with Crippen LogP contribution in [0, 0.1) is 0 Å². The van der Waals surface area contributed by atoms with Crippen molar-refractivity contribution in [1.82, 2.24) is 10.9 Å². The molecule has 0 radical (unpaired) electrons. The quantitative estimate of drug-likeness (QED) is 0.411. The molecule has 1 heterocycles. The third kappa shape index (κ3) is 3.82. The van der Waals surface area contributed by atoms with E-state index in [-0.39, 0.29) is 16.1 Å². The predicted molar refractivity (Wildman–Crippen MR) is 104 cm³/mol. The third-order valence-electron chi connectivity index (χ3n) is 3.40. The molecular formula is C17H9Br2ClN2O4. The minimum absolute atomic E-state index is 0.188. The molecule has 0 fully saturated rings. The van der Waals surface area contributed by atoms with E-state index in [1.54, 1.807) is 30.3 Å². The largest absolute Gasteiger partial charge is 0.421 e. The minimum Gasteiger partial charge on any atom is -0.421 e. The van der Waals surface area contributed by atoms with Crippen LogP contribution in [0.1, 0.15) is 20.7 Å². The lowest BCUT2D eigenvalue weighted by molar-refractivity contribution is 0.0844. The first-order valence-electron chi connectivity index (χ1n) is 7.15. The summed E-state index contributed by atoms with van der Waals surface area (Å²) in [5.41, 5.74) is 3.82. The molecule has 0 aliphatic rings. The van der Waals surface area contributed by atoms with Crippen molar-refractivity contribution in [3.8, 4) is 0 Å². The van der Waals surface area contributed by atoms with Gasteiger partial charge in [-0.15, -0.1) is 0 Å². The van der Waals surface area contributed by atoms with E-state index >= 15 is 0 Å². The second-order valence-electron chi connectivity index (χ2n) is 5.14. The van der Waals surface area contributed by atoms with Gasteiger partial charge in [0.05, 0.1) is 15.1 Å². The van der Waals surface area contributed by atoms with Crippen molar-refractivity contribution in [3.05, 3.63) is 78.0 Å². The maximum Gasteiger partial charge on any atom is 0.349 e. The summed E-state index contributed by atoms with van der Waals surface area (Å²) in [4.78, 5) is 36.4. The maximum absolute atomic E-state index is 12.3. The van der Waals surface area contributed by atoms with Gasteiger partial charge in [0.2, 0.25) is 0 Å². The molecule has 6 nitrogen and oxygen atoms in total. The van der Waals surface area contributed by atoms with Gasteiger partial charge >= 0.3 is 5.63 Å². The molecule has 3 aromatic rings. The lowest BCUT2D eigenvalue weighted by Crippen LogP contribution is -2.43. The minimum atomic E-state index is -0.829. The number of carbonyl (C=O) groups is 2. The molecule has 0 saturated heterocycles. The summed E-state index contributed by atoms with van der Waals surface area (Å²) in [5.74, 6) is -1.42. The van der Waals surface area contributed by atoms with Crippen molar-refractivity contribution in [2.75, 3.05) is 0 Å². The fourth-order valence-electron chi connectivity index (χ4n) is 2.21.